The third kappa shape index (κ3) is 3.90. The molecule has 0 unspecified atom stereocenters. The maximum absolute atomic E-state index is 11.4. The number of piperidine rings is 1. The molecule has 1 atom stereocenters. The quantitative estimate of drug-likeness (QED) is 0.742. The molecular weight excluding hydrogens is 342 g/mol. The second-order valence-electron chi connectivity index (χ2n) is 6.86. The van der Waals surface area contributed by atoms with Gasteiger partial charge < -0.3 is 9.63 Å². The second kappa shape index (κ2) is 7.72. The molecule has 3 aromatic rings. The van der Waals surface area contributed by atoms with Crippen molar-refractivity contribution in [2.45, 2.75) is 25.3 Å². The maximum atomic E-state index is 11.4. The van der Waals surface area contributed by atoms with Crippen molar-refractivity contribution < 1.29 is 14.4 Å². The average molecular weight is 363 g/mol. The standard InChI is InChI=1S/C21H21N3O3/c25-21(26)18-11-5-4-9-16(18)13-24-12-6-10-17(14-24)20-22-19(23-27-20)15-7-2-1-3-8-15/h1-5,7-9,11,17H,6,10,12-14H2,(H,25,26)/t17-/m1/s1. The van der Waals surface area contributed by atoms with E-state index in [4.69, 9.17) is 4.52 Å². The third-order valence-electron chi connectivity index (χ3n) is 4.97. The molecule has 1 fully saturated rings. The van der Waals surface area contributed by atoms with Gasteiger partial charge in [0, 0.05) is 18.7 Å². The summed E-state index contributed by atoms with van der Waals surface area (Å²) in [5.74, 6) is 0.549. The van der Waals surface area contributed by atoms with Crippen molar-refractivity contribution in [2.75, 3.05) is 13.1 Å². The van der Waals surface area contributed by atoms with E-state index in [2.05, 4.69) is 15.0 Å². The van der Waals surface area contributed by atoms with Crippen LogP contribution in [0.2, 0.25) is 0 Å². The van der Waals surface area contributed by atoms with E-state index in [0.717, 1.165) is 37.1 Å². The second-order valence-corrected chi connectivity index (χ2v) is 6.86. The molecule has 1 aromatic heterocycles. The van der Waals surface area contributed by atoms with Crippen molar-refractivity contribution in [3.8, 4) is 11.4 Å². The number of carbonyl (C=O) groups is 1. The molecule has 1 aliphatic heterocycles. The van der Waals surface area contributed by atoms with E-state index < -0.39 is 5.97 Å². The normalized spacial score (nSPS) is 17.7. The molecule has 27 heavy (non-hydrogen) atoms. The van der Waals surface area contributed by atoms with E-state index in [1.54, 1.807) is 12.1 Å². The van der Waals surface area contributed by atoms with Gasteiger partial charge in [-0.2, -0.15) is 4.98 Å². The van der Waals surface area contributed by atoms with Crippen LogP contribution in [0, 0.1) is 0 Å². The summed E-state index contributed by atoms with van der Waals surface area (Å²) >= 11 is 0. The number of carboxylic acid groups (broad SMARTS) is 1. The largest absolute Gasteiger partial charge is 0.478 e. The molecule has 0 saturated carbocycles. The number of aromatic carboxylic acids is 1. The van der Waals surface area contributed by atoms with Crippen LogP contribution in [0.1, 0.15) is 40.6 Å². The minimum Gasteiger partial charge on any atom is -0.478 e. The fraction of sp³-hybridized carbons (Fsp3) is 0.286. The highest BCUT2D eigenvalue weighted by atomic mass is 16.5. The minimum absolute atomic E-state index is 0.167. The lowest BCUT2D eigenvalue weighted by molar-refractivity contribution is 0.0693. The van der Waals surface area contributed by atoms with Crippen LogP contribution in [0.3, 0.4) is 0 Å². The van der Waals surface area contributed by atoms with Gasteiger partial charge in [-0.3, -0.25) is 4.90 Å². The topological polar surface area (TPSA) is 79.5 Å². The Morgan fingerprint density at radius 3 is 2.74 bits per heavy atom. The average Bonchev–Trinajstić information content (AvgIpc) is 3.19. The molecule has 0 aliphatic carbocycles. The third-order valence-corrected chi connectivity index (χ3v) is 4.97. The summed E-state index contributed by atoms with van der Waals surface area (Å²) in [7, 11) is 0. The lowest BCUT2D eigenvalue weighted by Gasteiger charge is -2.31. The lowest BCUT2D eigenvalue weighted by Crippen LogP contribution is -2.34. The van der Waals surface area contributed by atoms with Crippen molar-refractivity contribution in [2.24, 2.45) is 0 Å². The molecule has 6 nitrogen and oxygen atoms in total. The van der Waals surface area contributed by atoms with Crippen molar-refractivity contribution in [1.29, 1.82) is 0 Å². The first kappa shape index (κ1) is 17.4. The molecule has 2 heterocycles. The molecule has 6 heteroatoms. The summed E-state index contributed by atoms with van der Waals surface area (Å²) in [4.78, 5) is 18.3. The van der Waals surface area contributed by atoms with Gasteiger partial charge in [-0.05, 0) is 31.0 Å². The monoisotopic (exact) mass is 363 g/mol. The molecule has 138 valence electrons. The summed E-state index contributed by atoms with van der Waals surface area (Å²) in [6.07, 6.45) is 2.01. The van der Waals surface area contributed by atoms with Gasteiger partial charge in [0.1, 0.15) is 0 Å². The van der Waals surface area contributed by atoms with Crippen LogP contribution in [0.25, 0.3) is 11.4 Å². The number of rotatable bonds is 5. The Balaban J connectivity index is 1.48. The number of likely N-dealkylation sites (tertiary alicyclic amines) is 1. The summed E-state index contributed by atoms with van der Waals surface area (Å²) in [5, 5.41) is 13.5. The van der Waals surface area contributed by atoms with Crippen LogP contribution in [-0.2, 0) is 6.54 Å². The highest BCUT2D eigenvalue weighted by Crippen LogP contribution is 2.28. The fourth-order valence-electron chi connectivity index (χ4n) is 3.61. The maximum Gasteiger partial charge on any atom is 0.336 e. The van der Waals surface area contributed by atoms with Crippen molar-refractivity contribution in [3.05, 3.63) is 71.6 Å². The Morgan fingerprint density at radius 2 is 1.93 bits per heavy atom. The number of aromatic nitrogens is 2. The fourth-order valence-corrected chi connectivity index (χ4v) is 3.61. The van der Waals surface area contributed by atoms with Gasteiger partial charge >= 0.3 is 5.97 Å². The molecule has 1 saturated heterocycles. The zero-order valence-corrected chi connectivity index (χ0v) is 14.9. The Kier molecular flexibility index (Phi) is 4.98. The SMILES string of the molecule is O=C(O)c1ccccc1CN1CCC[C@@H](c2nc(-c3ccccc3)no2)C1. The van der Waals surface area contributed by atoms with Gasteiger partial charge in [-0.15, -0.1) is 0 Å². The molecule has 1 aliphatic rings. The van der Waals surface area contributed by atoms with Gasteiger partial charge in [0.25, 0.3) is 0 Å². The molecule has 1 N–H and O–H groups in total. The number of nitrogens with zero attached hydrogens (tertiary/aromatic N) is 3. The van der Waals surface area contributed by atoms with E-state index in [1.165, 1.54) is 0 Å². The summed E-state index contributed by atoms with van der Waals surface area (Å²) in [5.41, 5.74) is 2.14. The van der Waals surface area contributed by atoms with Crippen LogP contribution in [0.5, 0.6) is 0 Å². The van der Waals surface area contributed by atoms with Crippen molar-refractivity contribution in [1.82, 2.24) is 15.0 Å². The smallest absolute Gasteiger partial charge is 0.336 e. The van der Waals surface area contributed by atoms with Crippen LogP contribution in [-0.4, -0.2) is 39.2 Å². The van der Waals surface area contributed by atoms with Crippen LogP contribution in [0.4, 0.5) is 0 Å². The molecule has 4 rings (SSSR count). The Bertz CT molecular complexity index is 923. The first-order valence-corrected chi connectivity index (χ1v) is 9.13. The number of hydrogen-bond donors (Lipinski definition) is 1. The van der Waals surface area contributed by atoms with Crippen molar-refractivity contribution in [3.63, 3.8) is 0 Å². The first-order chi connectivity index (χ1) is 13.2. The van der Waals surface area contributed by atoms with Crippen molar-refractivity contribution >= 4 is 5.97 Å². The molecule has 0 spiro atoms. The number of carboxylic acids is 1. The Labute approximate surface area is 157 Å². The van der Waals surface area contributed by atoms with Crippen LogP contribution >= 0.6 is 0 Å². The van der Waals surface area contributed by atoms with E-state index >= 15 is 0 Å². The van der Waals surface area contributed by atoms with E-state index in [1.807, 2.05) is 42.5 Å². The van der Waals surface area contributed by atoms with E-state index in [0.29, 0.717) is 23.8 Å². The first-order valence-electron chi connectivity index (χ1n) is 9.13. The minimum atomic E-state index is -0.886. The number of benzene rings is 2. The van der Waals surface area contributed by atoms with Gasteiger partial charge in [-0.25, -0.2) is 4.79 Å². The van der Waals surface area contributed by atoms with E-state index in [-0.39, 0.29) is 5.92 Å². The zero-order valence-electron chi connectivity index (χ0n) is 14.9. The van der Waals surface area contributed by atoms with E-state index in [9.17, 15) is 9.90 Å². The summed E-state index contributed by atoms with van der Waals surface area (Å²) in [6.45, 7) is 2.33. The highest BCUT2D eigenvalue weighted by molar-refractivity contribution is 5.89. The number of hydrogen-bond acceptors (Lipinski definition) is 5. The van der Waals surface area contributed by atoms with Gasteiger partial charge in [0.15, 0.2) is 0 Å². The molecule has 0 radical (unpaired) electrons. The molecule has 0 amide bonds. The van der Waals surface area contributed by atoms with Crippen LogP contribution < -0.4 is 0 Å². The lowest BCUT2D eigenvalue weighted by atomic mass is 9.97. The van der Waals surface area contributed by atoms with Gasteiger partial charge in [0.2, 0.25) is 11.7 Å². The molecular formula is C21H21N3O3. The molecule has 2 aromatic carbocycles. The highest BCUT2D eigenvalue weighted by Gasteiger charge is 2.27. The molecule has 0 bridgehead atoms. The predicted molar refractivity (Wildman–Crippen MR) is 100 cm³/mol. The summed E-state index contributed by atoms with van der Waals surface area (Å²) < 4.78 is 5.54. The zero-order chi connectivity index (χ0) is 18.6. The van der Waals surface area contributed by atoms with Gasteiger partial charge in [-0.1, -0.05) is 53.7 Å². The predicted octanol–water partition coefficient (Wildman–Crippen LogP) is 3.81. The van der Waals surface area contributed by atoms with Crippen LogP contribution in [0.15, 0.2) is 59.1 Å². The van der Waals surface area contributed by atoms with Gasteiger partial charge in [0.05, 0.1) is 11.5 Å². The Hall–Kier alpha value is -2.99. The Morgan fingerprint density at radius 1 is 1.15 bits per heavy atom. The summed E-state index contributed by atoms with van der Waals surface area (Å²) in [6, 6.07) is 17.0.